The SMILES string of the molecule is OC1(c2cnnn2-c2nnc3n2C2=CN(F)CN2c2ccccc2-3)CC1. The van der Waals surface area contributed by atoms with Crippen LogP contribution in [0.25, 0.3) is 23.2 Å². The smallest absolute Gasteiger partial charge is 0.259 e. The van der Waals surface area contributed by atoms with Crippen LogP contribution in [0.15, 0.2) is 36.7 Å². The summed E-state index contributed by atoms with van der Waals surface area (Å²) in [6, 6.07) is 7.66. The number of benzene rings is 1. The number of hydrogen-bond donors (Lipinski definition) is 1. The Morgan fingerprint density at radius 1 is 1.15 bits per heavy atom. The highest BCUT2D eigenvalue weighted by atomic mass is 19.2. The first-order valence-electron chi connectivity index (χ1n) is 8.27. The van der Waals surface area contributed by atoms with Gasteiger partial charge in [0, 0.05) is 5.56 Å². The van der Waals surface area contributed by atoms with Gasteiger partial charge in [-0.25, -0.2) is 4.57 Å². The van der Waals surface area contributed by atoms with Crippen molar-refractivity contribution in [3.8, 4) is 17.3 Å². The van der Waals surface area contributed by atoms with Crippen molar-refractivity contribution < 1.29 is 9.59 Å². The molecule has 1 N–H and O–H groups in total. The van der Waals surface area contributed by atoms with Crippen LogP contribution < -0.4 is 4.90 Å². The quantitative estimate of drug-likeness (QED) is 0.694. The van der Waals surface area contributed by atoms with Crippen LogP contribution in [-0.2, 0) is 5.60 Å². The number of hydrogen-bond acceptors (Lipinski definition) is 7. The molecule has 6 rings (SSSR count). The molecule has 3 aliphatic rings. The highest BCUT2D eigenvalue weighted by molar-refractivity contribution is 5.89. The number of halogens is 1. The van der Waals surface area contributed by atoms with E-state index in [1.807, 2.05) is 29.2 Å². The highest BCUT2D eigenvalue weighted by Crippen LogP contribution is 2.46. The monoisotopic (exact) mass is 352 g/mol. The van der Waals surface area contributed by atoms with Crippen LogP contribution in [0.2, 0.25) is 0 Å². The molecule has 1 saturated carbocycles. The summed E-state index contributed by atoms with van der Waals surface area (Å²) in [7, 11) is 0. The van der Waals surface area contributed by atoms with Gasteiger partial charge in [0.25, 0.3) is 5.95 Å². The van der Waals surface area contributed by atoms with Gasteiger partial charge in [-0.3, -0.25) is 0 Å². The summed E-state index contributed by atoms with van der Waals surface area (Å²) in [5, 5.41) is 27.7. The van der Waals surface area contributed by atoms with Crippen molar-refractivity contribution in [2.45, 2.75) is 18.4 Å². The lowest BCUT2D eigenvalue weighted by Gasteiger charge is -2.29. The maximum absolute atomic E-state index is 14.1. The minimum Gasteiger partial charge on any atom is -0.383 e. The van der Waals surface area contributed by atoms with Crippen LogP contribution in [0.4, 0.5) is 10.2 Å². The van der Waals surface area contributed by atoms with Crippen LogP contribution in [-0.4, -0.2) is 46.7 Å². The van der Waals surface area contributed by atoms with E-state index in [2.05, 4.69) is 20.5 Å². The molecule has 26 heavy (non-hydrogen) atoms. The molecule has 1 aliphatic carbocycles. The van der Waals surface area contributed by atoms with E-state index in [4.69, 9.17) is 0 Å². The molecule has 0 radical (unpaired) electrons. The van der Waals surface area contributed by atoms with Gasteiger partial charge in [-0.15, -0.1) is 15.3 Å². The molecule has 1 fully saturated rings. The Kier molecular flexibility index (Phi) is 2.40. The second kappa shape index (κ2) is 4.47. The van der Waals surface area contributed by atoms with Crippen molar-refractivity contribution in [2.75, 3.05) is 11.6 Å². The van der Waals surface area contributed by atoms with E-state index in [0.29, 0.717) is 41.3 Å². The Morgan fingerprint density at radius 3 is 2.85 bits per heavy atom. The molecule has 0 saturated heterocycles. The van der Waals surface area contributed by atoms with Gasteiger partial charge in [0.15, 0.2) is 5.82 Å². The second-order valence-electron chi connectivity index (χ2n) is 6.70. The fraction of sp³-hybridized carbons (Fsp3) is 0.250. The summed E-state index contributed by atoms with van der Waals surface area (Å²) in [6.07, 6.45) is 4.23. The number of nitrogens with zero attached hydrogens (tertiary/aromatic N) is 8. The van der Waals surface area contributed by atoms with E-state index in [1.165, 1.54) is 17.1 Å². The molecule has 10 heteroatoms. The maximum Gasteiger partial charge on any atom is 0.259 e. The fourth-order valence-corrected chi connectivity index (χ4v) is 3.59. The number of fused-ring (bicyclic) bond motifs is 6. The highest BCUT2D eigenvalue weighted by Gasteiger charge is 2.46. The molecule has 2 aliphatic heterocycles. The topological polar surface area (TPSA) is 88.1 Å². The number of anilines is 1. The first-order chi connectivity index (χ1) is 12.7. The number of aliphatic hydroxyl groups is 1. The van der Waals surface area contributed by atoms with E-state index >= 15 is 0 Å². The summed E-state index contributed by atoms with van der Waals surface area (Å²) in [4.78, 5) is 1.84. The Bertz CT molecular complexity index is 1080. The van der Waals surface area contributed by atoms with Gasteiger partial charge in [0.05, 0.1) is 23.8 Å². The maximum atomic E-state index is 14.1. The Labute approximate surface area is 146 Å². The minimum absolute atomic E-state index is 0.0809. The zero-order chi connectivity index (χ0) is 17.5. The Morgan fingerprint density at radius 2 is 2.00 bits per heavy atom. The summed E-state index contributed by atoms with van der Waals surface area (Å²) in [5.41, 5.74) is 1.35. The van der Waals surface area contributed by atoms with Crippen LogP contribution in [0, 0.1) is 0 Å². The molecule has 3 aromatic rings. The third kappa shape index (κ3) is 1.66. The van der Waals surface area contributed by atoms with Crippen molar-refractivity contribution in [3.63, 3.8) is 0 Å². The standard InChI is InChI=1S/C16H13FN8O/c17-22-8-13-23(9-22)11-4-2-1-3-10(11)14-19-20-15(24(13)14)25-12(7-18-21-25)16(26)5-6-16/h1-4,7-8,26H,5-6,9H2. The summed E-state index contributed by atoms with van der Waals surface area (Å²) in [5.74, 6) is 1.55. The van der Waals surface area contributed by atoms with Gasteiger partial charge in [0.1, 0.15) is 18.1 Å². The zero-order valence-corrected chi connectivity index (χ0v) is 13.5. The van der Waals surface area contributed by atoms with Crippen molar-refractivity contribution in [1.82, 2.24) is 34.9 Å². The molecule has 0 bridgehead atoms. The van der Waals surface area contributed by atoms with Crippen LogP contribution >= 0.6 is 0 Å². The zero-order valence-electron chi connectivity index (χ0n) is 13.5. The third-order valence-corrected chi connectivity index (χ3v) is 5.06. The van der Waals surface area contributed by atoms with Crippen LogP contribution in [0.3, 0.4) is 0 Å². The van der Waals surface area contributed by atoms with Gasteiger partial charge >= 0.3 is 0 Å². The first kappa shape index (κ1) is 14.0. The Hall–Kier alpha value is -3.27. The van der Waals surface area contributed by atoms with E-state index < -0.39 is 5.60 Å². The minimum atomic E-state index is -0.932. The van der Waals surface area contributed by atoms with Crippen LogP contribution in [0.5, 0.6) is 0 Å². The molecule has 9 nitrogen and oxygen atoms in total. The fourth-order valence-electron chi connectivity index (χ4n) is 3.59. The molecular weight excluding hydrogens is 339 g/mol. The average Bonchev–Trinajstić information content (AvgIpc) is 3.05. The number of aromatic nitrogens is 6. The van der Waals surface area contributed by atoms with Gasteiger partial charge < -0.3 is 10.0 Å². The largest absolute Gasteiger partial charge is 0.383 e. The molecule has 0 atom stereocenters. The lowest BCUT2D eigenvalue weighted by atomic mass is 10.1. The van der Waals surface area contributed by atoms with E-state index in [9.17, 15) is 9.59 Å². The molecule has 130 valence electrons. The lowest BCUT2D eigenvalue weighted by molar-refractivity contribution is 0.104. The predicted octanol–water partition coefficient (Wildman–Crippen LogP) is 1.24. The first-order valence-corrected chi connectivity index (χ1v) is 8.27. The average molecular weight is 352 g/mol. The predicted molar refractivity (Wildman–Crippen MR) is 88.1 cm³/mol. The Balaban J connectivity index is 1.62. The summed E-state index contributed by atoms with van der Waals surface area (Å²) in [6.45, 7) is 0.0809. The molecular formula is C16H13FN8O. The van der Waals surface area contributed by atoms with E-state index in [0.717, 1.165) is 11.3 Å². The lowest BCUT2D eigenvalue weighted by Crippen LogP contribution is -2.29. The normalized spacial score (nSPS) is 19.1. The third-order valence-electron chi connectivity index (χ3n) is 5.06. The molecule has 0 spiro atoms. The van der Waals surface area contributed by atoms with Gasteiger partial charge in [-0.05, 0) is 25.0 Å². The second-order valence-corrected chi connectivity index (χ2v) is 6.70. The van der Waals surface area contributed by atoms with Crippen molar-refractivity contribution in [2.24, 2.45) is 0 Å². The van der Waals surface area contributed by atoms with Crippen molar-refractivity contribution >= 4 is 11.5 Å². The molecule has 2 aromatic heterocycles. The van der Waals surface area contributed by atoms with Gasteiger partial charge in [-0.2, -0.15) is 9.80 Å². The van der Waals surface area contributed by atoms with Crippen molar-refractivity contribution in [1.29, 1.82) is 0 Å². The van der Waals surface area contributed by atoms with E-state index in [1.54, 1.807) is 4.57 Å². The molecule has 1 aromatic carbocycles. The van der Waals surface area contributed by atoms with Crippen molar-refractivity contribution in [3.05, 3.63) is 42.4 Å². The summed E-state index contributed by atoms with van der Waals surface area (Å²) < 4.78 is 17.3. The van der Waals surface area contributed by atoms with E-state index in [-0.39, 0.29) is 6.67 Å². The summed E-state index contributed by atoms with van der Waals surface area (Å²) >= 11 is 0. The van der Waals surface area contributed by atoms with Gasteiger partial charge in [0.2, 0.25) is 0 Å². The van der Waals surface area contributed by atoms with Crippen LogP contribution in [0.1, 0.15) is 18.5 Å². The van der Waals surface area contributed by atoms with Gasteiger partial charge in [-0.1, -0.05) is 21.8 Å². The number of para-hydroxylation sites is 1. The molecule has 0 unspecified atom stereocenters. The molecule has 0 amide bonds. The molecule has 4 heterocycles. The number of rotatable bonds is 2.